The summed E-state index contributed by atoms with van der Waals surface area (Å²) in [4.78, 5) is 33.9. The van der Waals surface area contributed by atoms with Crippen molar-refractivity contribution in [3.05, 3.63) is 137 Å². The third kappa shape index (κ3) is 20.6. The molecule has 1 aromatic heterocycles. The second-order valence-corrected chi connectivity index (χ2v) is 50.7. The number of benzene rings is 4. The normalized spacial score (nSPS) is 14.0. The van der Waals surface area contributed by atoms with Crippen LogP contribution in [0.1, 0.15) is 141 Å². The fourth-order valence-corrected chi connectivity index (χ4v) is 14.1. The molecular formula is C66H96Cl4N5O7PSSi4. The monoisotopic (exact) mass is 1390 g/mol. The lowest BCUT2D eigenvalue weighted by Crippen LogP contribution is -2.48. The zero-order chi connectivity index (χ0) is 67.7. The molecule has 0 unspecified atom stereocenters. The van der Waals surface area contributed by atoms with E-state index in [0.29, 0.717) is 73.2 Å². The highest BCUT2D eigenvalue weighted by atomic mass is 35.5. The first-order chi connectivity index (χ1) is 40.1. The van der Waals surface area contributed by atoms with Crippen LogP contribution in [0, 0.1) is 32.9 Å². The molecule has 12 nitrogen and oxygen atoms in total. The van der Waals surface area contributed by atoms with Gasteiger partial charge in [-0.05, 0) is 186 Å². The SMILES string of the molecule is CP=S.[C-]#[N+]c1ccc(C[C@@H](C(=O)NCC(=O)c2ccc(O[Si](C)(C)C(C)(C)C)c(Cl)c2)[C@H](C)O[Si](C)(C)C(C)(C)C)c(C)c1Cl.[C-]#[N+]c1ccc(C[C@@H](c2nnc(-c3ccc(O[Si](C)(C)C(C)(C)C)c(Cl)c3)o2)[C@H](C)O[Si](C)(C)C(C)(C)C)c(C)c1Cl. The Morgan fingerprint density at radius 2 is 1.03 bits per heavy atom. The summed E-state index contributed by atoms with van der Waals surface area (Å²) in [5.74, 6) is 0.733. The predicted molar refractivity (Wildman–Crippen MR) is 383 cm³/mol. The van der Waals surface area contributed by atoms with E-state index >= 15 is 0 Å². The molecule has 0 aliphatic heterocycles. The quantitative estimate of drug-likeness (QED) is 0.0348. The summed E-state index contributed by atoms with van der Waals surface area (Å²) in [5.41, 5.74) is 5.44. The van der Waals surface area contributed by atoms with E-state index in [4.69, 9.17) is 81.7 Å². The number of aromatic nitrogens is 2. The van der Waals surface area contributed by atoms with Crippen LogP contribution in [0.5, 0.6) is 11.5 Å². The van der Waals surface area contributed by atoms with Crippen LogP contribution >= 0.6 is 53.8 Å². The van der Waals surface area contributed by atoms with Gasteiger partial charge in [-0.1, -0.05) is 166 Å². The van der Waals surface area contributed by atoms with Gasteiger partial charge < -0.3 is 27.4 Å². The maximum absolute atomic E-state index is 13.7. The molecule has 0 saturated carbocycles. The highest BCUT2D eigenvalue weighted by molar-refractivity contribution is 7.96. The van der Waals surface area contributed by atoms with Gasteiger partial charge in [0.25, 0.3) is 16.6 Å². The van der Waals surface area contributed by atoms with Crippen molar-refractivity contribution in [2.75, 3.05) is 13.2 Å². The molecule has 0 radical (unpaired) electrons. The third-order valence-corrected chi connectivity index (χ3v) is 37.5. The number of carbonyl (C=O) groups excluding carboxylic acids is 2. The molecule has 22 heteroatoms. The lowest BCUT2D eigenvalue weighted by atomic mass is 9.91. The van der Waals surface area contributed by atoms with E-state index in [1.807, 2.05) is 57.8 Å². The van der Waals surface area contributed by atoms with Crippen molar-refractivity contribution < 1.29 is 31.7 Å². The number of Topliss-reactive ketones (excluding diaryl/α,β-unsaturated/α-hetero) is 1. The van der Waals surface area contributed by atoms with Gasteiger partial charge in [-0.3, -0.25) is 9.59 Å². The van der Waals surface area contributed by atoms with Crippen LogP contribution in [-0.2, 0) is 38.3 Å². The van der Waals surface area contributed by atoms with Gasteiger partial charge in [-0.25, -0.2) is 9.69 Å². The molecule has 0 fully saturated rings. The number of rotatable bonds is 20. The molecule has 0 saturated heterocycles. The summed E-state index contributed by atoms with van der Waals surface area (Å²) in [6.45, 7) is 67.9. The zero-order valence-corrected chi connectivity index (χ0v) is 65.5. The summed E-state index contributed by atoms with van der Waals surface area (Å²) in [6, 6.07) is 17.9. The number of nitrogens with one attached hydrogen (secondary N) is 1. The van der Waals surface area contributed by atoms with E-state index in [1.165, 1.54) is 0 Å². The number of nitrogens with zero attached hydrogens (tertiary/aromatic N) is 4. The summed E-state index contributed by atoms with van der Waals surface area (Å²) in [6.07, 6.45) is 0.296. The maximum Gasteiger partial charge on any atom is 0.250 e. The van der Waals surface area contributed by atoms with Crippen molar-refractivity contribution in [3.63, 3.8) is 0 Å². The number of hydrogen-bond acceptors (Lipinski definition) is 10. The van der Waals surface area contributed by atoms with Crippen LogP contribution in [-0.4, -0.2) is 80.6 Å². The van der Waals surface area contributed by atoms with Crippen LogP contribution in [0.25, 0.3) is 21.1 Å². The summed E-state index contributed by atoms with van der Waals surface area (Å²) in [5, 5.41) is 13.5. The Hall–Kier alpha value is -3.79. The van der Waals surface area contributed by atoms with Crippen LogP contribution in [0.2, 0.25) is 92.6 Å². The van der Waals surface area contributed by atoms with Gasteiger partial charge in [0, 0.05) is 11.1 Å². The molecule has 4 aromatic carbocycles. The molecule has 4 atom stereocenters. The fraction of sp³-hybridized carbons (Fsp3) is 0.545. The Morgan fingerprint density at radius 1 is 0.625 bits per heavy atom. The number of carbonyl (C=O) groups is 2. The summed E-state index contributed by atoms with van der Waals surface area (Å²) >= 11 is 30.6. The lowest BCUT2D eigenvalue weighted by Gasteiger charge is -2.40. The second-order valence-electron chi connectivity index (χ2n) is 28.7. The standard InChI is InChI=1S/C33H48Cl2N2O4Si2.C32H45Cl2N3O3Si2.CH3PS/c1-21-23(14-16-27(36-9)30(21)35)18-25(22(2)40-42(10,11)32(3,4)5)31(39)37-20-28(38)24-15-17-29(26(34)19-24)41-43(12,13)33(6,7)8;1-20-22(14-16-26(35-9)28(20)34)18-24(21(2)39-41(10,11)31(3,4)5)30-37-36-29(38-30)23-15-17-27(25(33)19-23)40-42(12,13)32(6,7)8;1-2-3/h14-17,19,22,25H,18,20H2,1-8,10-13H3,(H,37,39);14-17,19,21,24H,18H2,1-8,10-13H3;1H3/t22-,25+;21-,24+;/m00./s1. The van der Waals surface area contributed by atoms with Crippen LogP contribution in [0.4, 0.5) is 11.4 Å². The number of hydrogen-bond donors (Lipinski definition) is 1. The molecular weight excluding hydrogens is 1290 g/mol. The summed E-state index contributed by atoms with van der Waals surface area (Å²) < 4.78 is 32.6. The molecule has 5 rings (SSSR count). The van der Waals surface area contributed by atoms with Crippen molar-refractivity contribution in [1.29, 1.82) is 0 Å². The van der Waals surface area contributed by atoms with Gasteiger partial charge in [0.05, 0.1) is 63.8 Å². The van der Waals surface area contributed by atoms with Gasteiger partial charge in [-0.2, -0.15) is 0 Å². The van der Waals surface area contributed by atoms with E-state index < -0.39 is 45.3 Å². The zero-order valence-electron chi connectivity index (χ0n) is 56.7. The van der Waals surface area contributed by atoms with Crippen LogP contribution in [0.3, 0.4) is 0 Å². The summed E-state index contributed by atoms with van der Waals surface area (Å²) in [7, 11) is -7.48. The van der Waals surface area contributed by atoms with E-state index in [0.717, 1.165) is 35.2 Å². The number of ketones is 1. The predicted octanol–water partition coefficient (Wildman–Crippen LogP) is 21.9. The van der Waals surface area contributed by atoms with Crippen LogP contribution < -0.4 is 14.2 Å². The maximum atomic E-state index is 13.7. The minimum Gasteiger partial charge on any atom is -0.543 e. The molecule has 5 aromatic rings. The average molecular weight is 1390 g/mol. The minimum atomic E-state index is -2.21. The van der Waals surface area contributed by atoms with Crippen molar-refractivity contribution in [3.8, 4) is 23.0 Å². The molecule has 1 N–H and O–H groups in total. The van der Waals surface area contributed by atoms with Crippen molar-refractivity contribution >= 4 is 122 Å². The van der Waals surface area contributed by atoms with E-state index in [1.54, 1.807) is 30.3 Å². The fourth-order valence-electron chi connectivity index (χ4n) is 8.11. The Labute approximate surface area is 558 Å². The Balaban J connectivity index is 0.000000441. The molecule has 482 valence electrons. The molecule has 1 heterocycles. The first-order valence-corrected chi connectivity index (χ1v) is 45.1. The number of amides is 1. The molecule has 0 aliphatic carbocycles. The Kier molecular flexibility index (Phi) is 27.8. The Bertz CT molecular complexity index is 3360. The van der Waals surface area contributed by atoms with E-state index in [-0.39, 0.29) is 50.4 Å². The van der Waals surface area contributed by atoms with Crippen LogP contribution in [0.15, 0.2) is 65.1 Å². The topological polar surface area (TPSA) is 131 Å². The highest BCUT2D eigenvalue weighted by Gasteiger charge is 2.44. The van der Waals surface area contributed by atoms with Crippen molar-refractivity contribution in [2.24, 2.45) is 5.92 Å². The molecule has 1 amide bonds. The van der Waals surface area contributed by atoms with Gasteiger partial charge in [0.15, 0.2) is 22.4 Å². The van der Waals surface area contributed by atoms with Gasteiger partial charge in [0.2, 0.25) is 29.1 Å². The molecule has 0 spiro atoms. The molecule has 88 heavy (non-hydrogen) atoms. The average Bonchev–Trinajstić information content (AvgIpc) is 3.97. The first kappa shape index (κ1) is 78.4. The molecule has 0 aliphatic rings. The van der Waals surface area contributed by atoms with Crippen molar-refractivity contribution in [2.45, 2.75) is 214 Å². The Morgan fingerprint density at radius 3 is 1.44 bits per heavy atom. The van der Waals surface area contributed by atoms with E-state index in [9.17, 15) is 9.59 Å². The smallest absolute Gasteiger partial charge is 0.250 e. The van der Waals surface area contributed by atoms with Crippen molar-refractivity contribution in [1.82, 2.24) is 15.5 Å². The van der Waals surface area contributed by atoms with Gasteiger partial charge >= 0.3 is 0 Å². The van der Waals surface area contributed by atoms with E-state index in [2.05, 4.69) is 179 Å². The second kappa shape index (κ2) is 31.2. The number of halogens is 4. The largest absolute Gasteiger partial charge is 0.543 e. The highest BCUT2D eigenvalue weighted by Crippen LogP contribution is 2.45. The third-order valence-electron chi connectivity index (χ3n) is 18.1. The minimum absolute atomic E-state index is 0.0000518. The lowest BCUT2D eigenvalue weighted by molar-refractivity contribution is -0.127. The first-order valence-electron chi connectivity index (χ1n) is 29.6. The van der Waals surface area contributed by atoms with Gasteiger partial charge in [-0.15, -0.1) is 10.2 Å². The van der Waals surface area contributed by atoms with Gasteiger partial charge in [0.1, 0.15) is 11.5 Å². The molecule has 0 bridgehead atoms.